The Morgan fingerprint density at radius 3 is 2.47 bits per heavy atom. The first-order valence-corrected chi connectivity index (χ1v) is 7.95. The monoisotopic (exact) mass is 275 g/mol. The van der Waals surface area contributed by atoms with Crippen LogP contribution in [0.2, 0.25) is 0 Å². The first-order chi connectivity index (χ1) is 7.76. The van der Waals surface area contributed by atoms with Gasteiger partial charge < -0.3 is 5.73 Å². The second-order valence-corrected chi connectivity index (χ2v) is 7.50. The van der Waals surface area contributed by atoms with Gasteiger partial charge in [0.15, 0.2) is 9.84 Å². The van der Waals surface area contributed by atoms with Gasteiger partial charge in [-0.25, -0.2) is 13.4 Å². The molecule has 0 spiro atoms. The van der Waals surface area contributed by atoms with Crippen molar-refractivity contribution in [2.24, 2.45) is 5.73 Å². The number of sulfone groups is 1. The lowest BCUT2D eigenvalue weighted by Gasteiger charge is -2.02. The van der Waals surface area contributed by atoms with Gasteiger partial charge >= 0.3 is 0 Å². The Bertz CT molecular complexity index is 518. The molecule has 0 saturated carbocycles. The summed E-state index contributed by atoms with van der Waals surface area (Å²) in [5, 5.41) is 7.97. The van der Waals surface area contributed by atoms with Crippen LogP contribution in [-0.2, 0) is 15.6 Å². The van der Waals surface area contributed by atoms with Gasteiger partial charge in [0.05, 0.1) is 10.6 Å². The molecule has 0 aliphatic rings. The lowest BCUT2D eigenvalue weighted by Crippen LogP contribution is -2.12. The Morgan fingerprint density at radius 2 is 2.12 bits per heavy atom. The van der Waals surface area contributed by atoms with Crippen LogP contribution in [0.5, 0.6) is 0 Å². The molecule has 3 N–H and O–H groups in total. The smallest absolute Gasteiger partial charge is 0.156 e. The lowest BCUT2D eigenvalue weighted by atomic mass is 10.1. The van der Waals surface area contributed by atoms with E-state index in [1.807, 2.05) is 13.8 Å². The topological polar surface area (TPSA) is 96.9 Å². The van der Waals surface area contributed by atoms with Gasteiger partial charge in [0.1, 0.15) is 16.6 Å². The van der Waals surface area contributed by atoms with Gasteiger partial charge in [0.25, 0.3) is 0 Å². The van der Waals surface area contributed by atoms with E-state index in [9.17, 15) is 8.42 Å². The van der Waals surface area contributed by atoms with Crippen LogP contribution in [0.4, 0.5) is 0 Å². The van der Waals surface area contributed by atoms with Crippen LogP contribution >= 0.6 is 11.3 Å². The molecule has 7 heteroatoms. The standard InChI is InChI=1S/C10H17N3O2S2/c1-4-17(14,15)5-7-13-8(6(2)3)9(16-7)10(11)12/h6H,4-5H2,1-3H3,(H3,11,12). The fourth-order valence-corrected chi connectivity index (χ4v) is 3.61. The molecule has 0 bridgehead atoms. The van der Waals surface area contributed by atoms with Crippen LogP contribution in [0.15, 0.2) is 0 Å². The van der Waals surface area contributed by atoms with Crippen LogP contribution in [0.3, 0.4) is 0 Å². The highest BCUT2D eigenvalue weighted by Crippen LogP contribution is 2.25. The Balaban J connectivity index is 3.13. The van der Waals surface area contributed by atoms with E-state index in [1.165, 1.54) is 11.3 Å². The van der Waals surface area contributed by atoms with E-state index in [4.69, 9.17) is 11.1 Å². The maximum absolute atomic E-state index is 11.5. The number of nitrogens with one attached hydrogen (secondary N) is 1. The van der Waals surface area contributed by atoms with Gasteiger partial charge in [-0.2, -0.15) is 0 Å². The summed E-state index contributed by atoms with van der Waals surface area (Å²) < 4.78 is 23.0. The van der Waals surface area contributed by atoms with Crippen LogP contribution < -0.4 is 5.73 Å². The van der Waals surface area contributed by atoms with E-state index in [0.717, 1.165) is 0 Å². The molecule has 0 aromatic carbocycles. The molecule has 0 unspecified atom stereocenters. The van der Waals surface area contributed by atoms with E-state index < -0.39 is 9.84 Å². The third-order valence-corrected chi connectivity index (χ3v) is 5.15. The number of amidine groups is 1. The van der Waals surface area contributed by atoms with Crippen molar-refractivity contribution in [3.05, 3.63) is 15.6 Å². The minimum absolute atomic E-state index is 0.0497. The summed E-state index contributed by atoms with van der Waals surface area (Å²) in [7, 11) is -3.09. The zero-order chi connectivity index (χ0) is 13.2. The molecule has 0 saturated heterocycles. The minimum Gasteiger partial charge on any atom is -0.383 e. The number of hydrogen-bond acceptors (Lipinski definition) is 5. The molecule has 1 rings (SSSR count). The van der Waals surface area contributed by atoms with Crippen molar-refractivity contribution >= 4 is 27.0 Å². The van der Waals surface area contributed by atoms with E-state index in [1.54, 1.807) is 6.92 Å². The molecule has 5 nitrogen and oxygen atoms in total. The van der Waals surface area contributed by atoms with Crippen molar-refractivity contribution in [1.82, 2.24) is 4.98 Å². The van der Waals surface area contributed by atoms with E-state index in [0.29, 0.717) is 15.6 Å². The minimum atomic E-state index is -3.09. The second kappa shape index (κ2) is 5.14. The van der Waals surface area contributed by atoms with Crippen LogP contribution in [-0.4, -0.2) is 25.0 Å². The van der Waals surface area contributed by atoms with Crippen molar-refractivity contribution in [2.75, 3.05) is 5.75 Å². The number of nitrogens with zero attached hydrogens (tertiary/aromatic N) is 1. The zero-order valence-electron chi connectivity index (χ0n) is 10.1. The first kappa shape index (κ1) is 14.1. The molecular weight excluding hydrogens is 258 g/mol. The summed E-state index contributed by atoms with van der Waals surface area (Å²) in [6.07, 6.45) is 0. The number of nitrogens with two attached hydrogens (primary N) is 1. The Hall–Kier alpha value is -0.950. The van der Waals surface area contributed by atoms with E-state index >= 15 is 0 Å². The highest BCUT2D eigenvalue weighted by molar-refractivity contribution is 7.90. The molecule has 1 heterocycles. The highest BCUT2D eigenvalue weighted by Gasteiger charge is 2.19. The number of nitrogen functional groups attached to an aromatic ring is 1. The summed E-state index contributed by atoms with van der Waals surface area (Å²) in [6.45, 7) is 5.50. The summed E-state index contributed by atoms with van der Waals surface area (Å²) in [5.74, 6) is 0.106. The molecule has 0 atom stereocenters. The SMILES string of the molecule is CCS(=O)(=O)Cc1nc(C(C)C)c(C(=N)N)s1. The van der Waals surface area contributed by atoms with Crippen LogP contribution in [0.1, 0.15) is 42.3 Å². The molecule has 1 aromatic heterocycles. The molecule has 0 fully saturated rings. The fraction of sp³-hybridized carbons (Fsp3) is 0.600. The molecule has 96 valence electrons. The first-order valence-electron chi connectivity index (χ1n) is 5.31. The van der Waals surface area contributed by atoms with Gasteiger partial charge in [-0.3, -0.25) is 5.41 Å². The van der Waals surface area contributed by atoms with Gasteiger partial charge in [-0.05, 0) is 5.92 Å². The molecule has 0 aliphatic carbocycles. The molecule has 0 amide bonds. The Morgan fingerprint density at radius 1 is 1.53 bits per heavy atom. The quantitative estimate of drug-likeness (QED) is 0.628. The normalized spacial score (nSPS) is 12.0. The van der Waals surface area contributed by atoms with Crippen molar-refractivity contribution in [1.29, 1.82) is 5.41 Å². The number of hydrogen-bond donors (Lipinski definition) is 2. The summed E-state index contributed by atoms with van der Waals surface area (Å²) in [4.78, 5) is 4.87. The van der Waals surface area contributed by atoms with E-state index in [2.05, 4.69) is 4.98 Å². The maximum atomic E-state index is 11.5. The molecular formula is C10H17N3O2S2. The van der Waals surface area contributed by atoms with Gasteiger partial charge in [-0.15, -0.1) is 11.3 Å². The van der Waals surface area contributed by atoms with Crippen LogP contribution in [0, 0.1) is 5.41 Å². The summed E-state index contributed by atoms with van der Waals surface area (Å²) in [6, 6.07) is 0. The van der Waals surface area contributed by atoms with E-state index in [-0.39, 0.29) is 23.3 Å². The molecule has 17 heavy (non-hydrogen) atoms. The zero-order valence-corrected chi connectivity index (χ0v) is 11.8. The van der Waals surface area contributed by atoms with Crippen molar-refractivity contribution in [3.63, 3.8) is 0 Å². The number of aromatic nitrogens is 1. The van der Waals surface area contributed by atoms with Crippen molar-refractivity contribution in [2.45, 2.75) is 32.4 Å². The lowest BCUT2D eigenvalue weighted by molar-refractivity contribution is 0.596. The van der Waals surface area contributed by atoms with Gasteiger partial charge in [0, 0.05) is 5.75 Å². The molecule has 0 radical (unpaired) electrons. The van der Waals surface area contributed by atoms with Crippen molar-refractivity contribution in [3.8, 4) is 0 Å². The summed E-state index contributed by atoms with van der Waals surface area (Å²) >= 11 is 1.20. The van der Waals surface area contributed by atoms with Gasteiger partial charge in [-0.1, -0.05) is 20.8 Å². The summed E-state index contributed by atoms with van der Waals surface area (Å²) in [5.41, 5.74) is 6.18. The average Bonchev–Trinajstić information content (AvgIpc) is 2.61. The predicted octanol–water partition coefficient (Wildman–Crippen LogP) is 1.49. The number of rotatable bonds is 5. The fourth-order valence-electron chi connectivity index (χ4n) is 1.31. The average molecular weight is 275 g/mol. The van der Waals surface area contributed by atoms with Crippen molar-refractivity contribution < 1.29 is 8.42 Å². The Labute approximate surface area is 105 Å². The molecule has 1 aromatic rings. The third-order valence-electron chi connectivity index (χ3n) is 2.27. The Kier molecular flexibility index (Phi) is 4.26. The maximum Gasteiger partial charge on any atom is 0.156 e. The largest absolute Gasteiger partial charge is 0.383 e. The number of thiazole rings is 1. The highest BCUT2D eigenvalue weighted by atomic mass is 32.2. The third kappa shape index (κ3) is 3.50. The van der Waals surface area contributed by atoms with Crippen LogP contribution in [0.25, 0.3) is 0 Å². The second-order valence-electron chi connectivity index (χ2n) is 4.07. The molecule has 0 aliphatic heterocycles. The predicted molar refractivity (Wildman–Crippen MR) is 70.4 cm³/mol. The van der Waals surface area contributed by atoms with Gasteiger partial charge in [0.2, 0.25) is 0 Å².